The number of rotatable bonds is 7. The summed E-state index contributed by atoms with van der Waals surface area (Å²) < 4.78 is 29.1. The molecule has 0 bridgehead atoms. The van der Waals surface area contributed by atoms with E-state index >= 15 is 0 Å². The number of nitrogens with zero attached hydrogens (tertiary/aromatic N) is 1. The Morgan fingerprint density at radius 3 is 2.26 bits per heavy atom. The van der Waals surface area contributed by atoms with E-state index in [9.17, 15) is 8.42 Å². The molecule has 4 nitrogen and oxygen atoms in total. The van der Waals surface area contributed by atoms with E-state index in [1.165, 1.54) is 22.3 Å². The lowest BCUT2D eigenvalue weighted by molar-refractivity contribution is 0.209. The number of likely N-dealkylation sites (N-methyl/N-ethyl adjacent to an activating group) is 1. The van der Waals surface area contributed by atoms with Gasteiger partial charge in [-0.05, 0) is 53.8 Å². The van der Waals surface area contributed by atoms with Gasteiger partial charge in [0, 0.05) is 12.6 Å². The maximum absolute atomic E-state index is 13.0. The van der Waals surface area contributed by atoms with E-state index in [0.717, 1.165) is 6.54 Å². The van der Waals surface area contributed by atoms with Crippen LogP contribution in [0.2, 0.25) is 0 Å². The lowest BCUT2D eigenvalue weighted by Gasteiger charge is -2.31. The van der Waals surface area contributed by atoms with Crippen LogP contribution in [-0.2, 0) is 23.0 Å². The van der Waals surface area contributed by atoms with E-state index in [0.29, 0.717) is 17.2 Å². The molecule has 0 unspecified atom stereocenters. The predicted molar refractivity (Wildman–Crippen MR) is 125 cm³/mol. The Kier molecular flexibility index (Phi) is 6.28. The Balaban J connectivity index is 1.59. The highest BCUT2D eigenvalue weighted by Gasteiger charge is 2.37. The van der Waals surface area contributed by atoms with Gasteiger partial charge in [0.1, 0.15) is 0 Å². The number of benzene rings is 3. The van der Waals surface area contributed by atoms with E-state index in [1.807, 2.05) is 18.2 Å². The molecular formula is C26H30N2O2S. The summed E-state index contributed by atoms with van der Waals surface area (Å²) in [5.74, 6) is 0.505. The fourth-order valence-corrected chi connectivity index (χ4v) is 5.75. The van der Waals surface area contributed by atoms with E-state index < -0.39 is 10.0 Å². The van der Waals surface area contributed by atoms with Gasteiger partial charge in [0.2, 0.25) is 10.0 Å². The Labute approximate surface area is 186 Å². The average molecular weight is 435 g/mol. The molecule has 3 aromatic rings. The molecule has 162 valence electrons. The number of sulfonamides is 1. The van der Waals surface area contributed by atoms with Crippen molar-refractivity contribution in [3.05, 3.63) is 101 Å². The fourth-order valence-electron chi connectivity index (χ4n) is 4.49. The standard InChI is InChI=1S/C26H30N2O2S/c1-19(2)21-15-13-20(14-16-21)18-28(3)26-24-12-8-7-9-22(24)17-25(26)27-31(29,30)23-10-5-4-6-11-23/h4-16,19,25-27H,17-18H2,1-3H3/t25-,26-/m1/s1. The minimum atomic E-state index is -3.59. The fraction of sp³-hybridized carbons (Fsp3) is 0.308. The monoisotopic (exact) mass is 434 g/mol. The summed E-state index contributed by atoms with van der Waals surface area (Å²) in [7, 11) is -1.52. The second-order valence-corrected chi connectivity index (χ2v) is 10.4. The van der Waals surface area contributed by atoms with Crippen molar-refractivity contribution in [2.75, 3.05) is 7.05 Å². The van der Waals surface area contributed by atoms with Crippen LogP contribution in [0.25, 0.3) is 0 Å². The quantitative estimate of drug-likeness (QED) is 0.576. The highest BCUT2D eigenvalue weighted by molar-refractivity contribution is 7.89. The van der Waals surface area contributed by atoms with Crippen LogP contribution < -0.4 is 4.72 Å². The van der Waals surface area contributed by atoms with Crippen molar-refractivity contribution in [2.45, 2.75) is 49.7 Å². The normalized spacial score (nSPS) is 18.5. The van der Waals surface area contributed by atoms with Crippen molar-refractivity contribution < 1.29 is 8.42 Å². The summed E-state index contributed by atoms with van der Waals surface area (Å²) in [6, 6.07) is 25.4. The van der Waals surface area contributed by atoms with Gasteiger partial charge in [-0.1, -0.05) is 80.6 Å². The smallest absolute Gasteiger partial charge is 0.240 e. The van der Waals surface area contributed by atoms with Gasteiger partial charge >= 0.3 is 0 Å². The second kappa shape index (κ2) is 8.95. The van der Waals surface area contributed by atoms with Crippen LogP contribution in [0.15, 0.2) is 83.8 Å². The zero-order valence-electron chi connectivity index (χ0n) is 18.3. The highest BCUT2D eigenvalue weighted by atomic mass is 32.2. The molecule has 3 aromatic carbocycles. The van der Waals surface area contributed by atoms with Crippen LogP contribution in [0, 0.1) is 0 Å². The Morgan fingerprint density at radius 1 is 0.935 bits per heavy atom. The SMILES string of the molecule is CC(C)c1ccc(CN(C)[C@@H]2c3ccccc3C[C@H]2NS(=O)(=O)c2ccccc2)cc1. The maximum atomic E-state index is 13.0. The van der Waals surface area contributed by atoms with Gasteiger partial charge in [0.25, 0.3) is 0 Å². The third-order valence-corrected chi connectivity index (χ3v) is 7.61. The molecule has 1 aliphatic rings. The van der Waals surface area contributed by atoms with Crippen molar-refractivity contribution in [3.8, 4) is 0 Å². The number of hydrogen-bond acceptors (Lipinski definition) is 3. The Bertz CT molecular complexity index is 1130. The van der Waals surface area contributed by atoms with Crippen LogP contribution in [0.1, 0.15) is 48.1 Å². The predicted octanol–water partition coefficient (Wildman–Crippen LogP) is 4.89. The summed E-state index contributed by atoms with van der Waals surface area (Å²) in [4.78, 5) is 2.56. The summed E-state index contributed by atoms with van der Waals surface area (Å²) in [6.45, 7) is 5.14. The van der Waals surface area contributed by atoms with Gasteiger partial charge in [-0.3, -0.25) is 4.90 Å². The minimum Gasteiger partial charge on any atom is -0.293 e. The molecule has 31 heavy (non-hydrogen) atoms. The first-order valence-electron chi connectivity index (χ1n) is 10.8. The van der Waals surface area contributed by atoms with Crippen LogP contribution in [0.3, 0.4) is 0 Å². The van der Waals surface area contributed by atoms with Crippen molar-refractivity contribution in [2.24, 2.45) is 0 Å². The zero-order valence-corrected chi connectivity index (χ0v) is 19.1. The number of fused-ring (bicyclic) bond motifs is 1. The van der Waals surface area contributed by atoms with Crippen molar-refractivity contribution in [1.29, 1.82) is 0 Å². The largest absolute Gasteiger partial charge is 0.293 e. The molecule has 0 radical (unpaired) electrons. The first kappa shape index (κ1) is 21.8. The summed E-state index contributed by atoms with van der Waals surface area (Å²) in [5.41, 5.74) is 4.95. The molecule has 0 aliphatic heterocycles. The number of hydrogen-bond donors (Lipinski definition) is 1. The Morgan fingerprint density at radius 2 is 1.58 bits per heavy atom. The summed E-state index contributed by atoms with van der Waals surface area (Å²) >= 11 is 0. The second-order valence-electron chi connectivity index (χ2n) is 8.70. The molecule has 5 heteroatoms. The Hall–Kier alpha value is -2.47. The number of nitrogens with one attached hydrogen (secondary N) is 1. The highest BCUT2D eigenvalue weighted by Crippen LogP contribution is 2.36. The van der Waals surface area contributed by atoms with Crippen LogP contribution in [-0.4, -0.2) is 26.4 Å². The van der Waals surface area contributed by atoms with E-state index in [2.05, 4.69) is 66.9 Å². The minimum absolute atomic E-state index is 0.0283. The molecule has 1 N–H and O–H groups in total. The molecule has 0 amide bonds. The van der Waals surface area contributed by atoms with Gasteiger partial charge in [-0.25, -0.2) is 13.1 Å². The molecule has 0 aromatic heterocycles. The lowest BCUT2D eigenvalue weighted by Crippen LogP contribution is -2.43. The van der Waals surface area contributed by atoms with Gasteiger partial charge in [0.15, 0.2) is 0 Å². The molecular weight excluding hydrogens is 404 g/mol. The van der Waals surface area contributed by atoms with Crippen LogP contribution >= 0.6 is 0 Å². The summed E-state index contributed by atoms with van der Waals surface area (Å²) in [6.07, 6.45) is 0.684. The molecule has 1 aliphatic carbocycles. The van der Waals surface area contributed by atoms with E-state index in [-0.39, 0.29) is 12.1 Å². The molecule has 0 spiro atoms. The molecule has 0 fully saturated rings. The first-order chi connectivity index (χ1) is 14.8. The molecule has 0 saturated heterocycles. The first-order valence-corrected chi connectivity index (χ1v) is 12.3. The third kappa shape index (κ3) is 4.74. The van der Waals surface area contributed by atoms with Crippen LogP contribution in [0.4, 0.5) is 0 Å². The third-order valence-electron chi connectivity index (χ3n) is 6.11. The van der Waals surface area contributed by atoms with Gasteiger partial charge in [-0.15, -0.1) is 0 Å². The van der Waals surface area contributed by atoms with Crippen molar-refractivity contribution in [3.63, 3.8) is 0 Å². The lowest BCUT2D eigenvalue weighted by atomic mass is 10.0. The molecule has 0 saturated carbocycles. The van der Waals surface area contributed by atoms with Gasteiger partial charge in [-0.2, -0.15) is 0 Å². The maximum Gasteiger partial charge on any atom is 0.240 e. The molecule has 2 atom stereocenters. The summed E-state index contributed by atoms with van der Waals surface area (Å²) in [5, 5.41) is 0. The average Bonchev–Trinajstić information content (AvgIpc) is 3.12. The van der Waals surface area contributed by atoms with Crippen molar-refractivity contribution >= 4 is 10.0 Å². The zero-order chi connectivity index (χ0) is 22.0. The van der Waals surface area contributed by atoms with Crippen LogP contribution in [0.5, 0.6) is 0 Å². The van der Waals surface area contributed by atoms with Crippen molar-refractivity contribution in [1.82, 2.24) is 9.62 Å². The van der Waals surface area contributed by atoms with E-state index in [1.54, 1.807) is 24.3 Å². The van der Waals surface area contributed by atoms with Gasteiger partial charge < -0.3 is 0 Å². The van der Waals surface area contributed by atoms with E-state index in [4.69, 9.17) is 0 Å². The molecule has 4 rings (SSSR count). The molecule has 0 heterocycles. The van der Waals surface area contributed by atoms with Gasteiger partial charge in [0.05, 0.1) is 10.9 Å². The topological polar surface area (TPSA) is 49.4 Å².